The van der Waals surface area contributed by atoms with Gasteiger partial charge in [0.05, 0.1) is 0 Å². The number of hydrogen-bond acceptors (Lipinski definition) is 6. The molecule has 37 heavy (non-hydrogen) atoms. The molecule has 2 atom stereocenters. The van der Waals surface area contributed by atoms with Gasteiger partial charge in [0.25, 0.3) is 0 Å². The number of nitrogens with one attached hydrogen (secondary N) is 2. The van der Waals surface area contributed by atoms with Crippen molar-refractivity contribution in [1.29, 1.82) is 0 Å². The Bertz CT molecular complexity index is 535. The van der Waals surface area contributed by atoms with Gasteiger partial charge in [-0.3, -0.25) is 33.0 Å². The number of rotatable bonds is 3. The van der Waals surface area contributed by atoms with E-state index in [2.05, 4.69) is 20.4 Å². The molecule has 0 aromatic heterocycles. The van der Waals surface area contributed by atoms with Crippen molar-refractivity contribution in [2.75, 3.05) is 0 Å². The van der Waals surface area contributed by atoms with Crippen LogP contribution in [0, 0.1) is 13.8 Å². The first-order valence-corrected chi connectivity index (χ1v) is 13.5. The molecule has 12 N–H and O–H groups in total. The summed E-state index contributed by atoms with van der Waals surface area (Å²) in [6.07, 6.45) is 3.44. The van der Waals surface area contributed by atoms with Crippen LogP contribution in [0.25, 0.3) is 23.8 Å². The summed E-state index contributed by atoms with van der Waals surface area (Å²) < 4.78 is 0. The number of carboxylic acid groups (broad SMARTS) is 5. The largest absolute Gasteiger partial charge is 2.00 e. The minimum atomic E-state index is -1.38. The van der Waals surface area contributed by atoms with Crippen LogP contribution in [0.1, 0.15) is 32.1 Å². The molecule has 222 valence electrons. The van der Waals surface area contributed by atoms with Gasteiger partial charge in [-0.15, -0.1) is 0 Å². The summed E-state index contributed by atoms with van der Waals surface area (Å²) in [5.74, 6) is -7.00. The first kappa shape index (κ1) is 66.1. The van der Waals surface area contributed by atoms with Gasteiger partial charge in [-0.1, -0.05) is 25.7 Å². The number of nitrogens with two attached hydrogens (primary N) is 2. The van der Waals surface area contributed by atoms with Gasteiger partial charge in [0.1, 0.15) is 6.42 Å². The first-order valence-electron chi connectivity index (χ1n) is 7.85. The number of aliphatic hydroxyl groups is 1. The van der Waals surface area contributed by atoms with Gasteiger partial charge in [-0.25, -0.2) is 4.79 Å². The van der Waals surface area contributed by atoms with Crippen molar-refractivity contribution >= 4 is 48.7 Å². The molecule has 1 saturated carbocycles. The standard InChI is InChI=1S/C6H12N2.C3H4O4.C3H4O3.2C2H3O2.2ClH.2H2N.2Pt.2Y/c7-5-3-1-2-4-6(5)8;4-2(5)1-3(6)7;1-2(4)3(5)6;2*1-2(3)4;;;;;;;;/h5-8H,1-4H2;1H2,(H,4,5)(H,6,7);4H,1H2,(H,5,6);2*1H2,(H,3,4);2*1H;2*1H2;;;;/q-2;;;2*-1;;;2*-1;+2;+4;;/p-2/t5-,6-;;;;;;;;;;;;/m1............/s1. The first-order chi connectivity index (χ1) is 14.5. The zero-order valence-corrected chi connectivity index (χ0v) is 31.0. The van der Waals surface area contributed by atoms with Crippen molar-refractivity contribution in [3.05, 3.63) is 50.0 Å². The molecular formula is C16H30Cl2N4O11Pt2Y2-2. The van der Waals surface area contributed by atoms with E-state index in [4.69, 9.17) is 70.5 Å². The van der Waals surface area contributed by atoms with E-state index >= 15 is 0 Å². The van der Waals surface area contributed by atoms with E-state index < -0.39 is 58.5 Å². The van der Waals surface area contributed by atoms with E-state index in [-0.39, 0.29) is 111 Å². The Hall–Kier alpha value is 0.634. The number of halogens is 2. The van der Waals surface area contributed by atoms with Crippen LogP contribution >= 0.6 is 18.8 Å². The molecule has 0 unspecified atom stereocenters. The average Bonchev–Trinajstić information content (AvgIpc) is 2.57. The normalized spacial score (nSPS) is 13.2. The maximum atomic E-state index is 9.43. The molecule has 1 rings (SSSR count). The number of aliphatic hydroxyl groups excluding tert-OH is 1. The number of carboxylic acids is 5. The number of aliphatic carboxylic acids is 5. The third kappa shape index (κ3) is 114. The molecule has 1 aliphatic rings. The molecule has 21 heteroatoms. The second kappa shape index (κ2) is 49.6. The third-order valence-electron chi connectivity index (χ3n) is 2.32. The van der Waals surface area contributed by atoms with Gasteiger partial charge >= 0.3 is 74.3 Å². The maximum absolute atomic E-state index is 9.43. The molecular weight excluding hydrogens is 1060 g/mol. The van der Waals surface area contributed by atoms with Crippen LogP contribution in [0.15, 0.2) is 12.3 Å². The minimum Gasteiger partial charge on any atom is -0.693 e. The molecule has 2 radical (unpaired) electrons. The fourth-order valence-corrected chi connectivity index (χ4v) is 1.26. The summed E-state index contributed by atoms with van der Waals surface area (Å²) in [6.45, 7) is 7.82. The molecule has 0 amide bonds. The van der Waals surface area contributed by atoms with Gasteiger partial charge in [0.2, 0.25) is 0 Å². The van der Waals surface area contributed by atoms with Gasteiger partial charge in [-0.2, -0.15) is 12.1 Å². The minimum absolute atomic E-state index is 0. The van der Waals surface area contributed by atoms with Crippen LogP contribution in [0.5, 0.6) is 0 Å². The molecule has 1 aliphatic carbocycles. The number of hydrogen-bond donors (Lipinski definition) is 6. The van der Waals surface area contributed by atoms with Crippen molar-refractivity contribution in [2.45, 2.75) is 44.2 Å². The van der Waals surface area contributed by atoms with Crippen LogP contribution in [0.4, 0.5) is 0 Å². The molecule has 0 saturated heterocycles. The summed E-state index contributed by atoms with van der Waals surface area (Å²) >= 11 is -0.472. The molecule has 1 fully saturated rings. The zero-order chi connectivity index (χ0) is 26.9. The summed E-state index contributed by atoms with van der Waals surface area (Å²) in [5, 5.41) is 45.5. The molecule has 0 aromatic rings. The zero-order valence-electron chi connectivity index (χ0n) is 19.2. The average molecular weight is 1090 g/mol. The van der Waals surface area contributed by atoms with E-state index in [1.54, 1.807) is 0 Å². The Kier molecular flexibility index (Phi) is 88.6. The second-order valence-electron chi connectivity index (χ2n) is 5.05. The number of carbonyl (C=O) groups is 5. The summed E-state index contributed by atoms with van der Waals surface area (Å²) in [6, 6.07) is -0.160. The van der Waals surface area contributed by atoms with Crippen LogP contribution in [-0.4, -0.2) is 72.6 Å². The van der Waals surface area contributed by atoms with E-state index in [9.17, 15) is 14.4 Å². The summed E-state index contributed by atoms with van der Waals surface area (Å²) in [7, 11) is 9.75. The predicted molar refractivity (Wildman–Crippen MR) is 122 cm³/mol. The Labute approximate surface area is 296 Å². The Morgan fingerprint density at radius 3 is 1.00 bits per heavy atom. The van der Waals surface area contributed by atoms with Gasteiger partial charge in [-0.05, 0) is 6.58 Å². The quantitative estimate of drug-likeness (QED) is 0.0974. The monoisotopic (exact) mass is 1090 g/mol. The van der Waals surface area contributed by atoms with Crippen molar-refractivity contribution in [3.8, 4) is 0 Å². The van der Waals surface area contributed by atoms with Gasteiger partial charge in [0, 0.05) is 65.4 Å². The molecule has 15 nitrogen and oxygen atoms in total. The van der Waals surface area contributed by atoms with E-state index in [0.29, 0.717) is 0 Å². The SMILES string of the molecule is C=C(O)C(=O)O.O=C(O)CC(=O)O.[CH2-]C(=O)O.[CH2-]C(=O)O.[Cl][Pt+2][Cl].[NH-][C@@H]1CCCC[C@H]1[NH-].[NH2-].[NH2-].[Pt+2].[Y].[Y]. The third-order valence-corrected chi connectivity index (χ3v) is 2.32. The van der Waals surface area contributed by atoms with Gasteiger partial charge < -0.3 is 54.4 Å². The summed E-state index contributed by atoms with van der Waals surface area (Å²) in [4.78, 5) is 46.0. The van der Waals surface area contributed by atoms with E-state index in [1.165, 1.54) is 12.8 Å². The van der Waals surface area contributed by atoms with Crippen molar-refractivity contribution < 1.29 is 158 Å². The smallest absolute Gasteiger partial charge is 0.693 e. The Morgan fingerprint density at radius 2 is 0.946 bits per heavy atom. The van der Waals surface area contributed by atoms with E-state index in [1.807, 2.05) is 0 Å². The molecule has 0 spiro atoms. The molecule has 0 heterocycles. The molecule has 0 bridgehead atoms. The van der Waals surface area contributed by atoms with Crippen LogP contribution in [0.2, 0.25) is 0 Å². The van der Waals surface area contributed by atoms with Crippen molar-refractivity contribution in [3.63, 3.8) is 0 Å². The van der Waals surface area contributed by atoms with Gasteiger partial charge in [0.15, 0.2) is 17.7 Å². The Morgan fingerprint density at radius 1 is 0.784 bits per heavy atom. The molecule has 0 aliphatic heterocycles. The van der Waals surface area contributed by atoms with Crippen molar-refractivity contribution in [1.82, 2.24) is 0 Å². The molecule has 0 aromatic carbocycles. The Balaban J connectivity index is -0.0000000296. The van der Waals surface area contributed by atoms with Crippen LogP contribution < -0.4 is 0 Å². The fourth-order valence-electron chi connectivity index (χ4n) is 1.26. The fraction of sp³-hybridized carbons (Fsp3) is 0.438. The van der Waals surface area contributed by atoms with Crippen molar-refractivity contribution in [2.24, 2.45) is 0 Å². The maximum Gasteiger partial charge on any atom is 2.00 e. The summed E-state index contributed by atoms with van der Waals surface area (Å²) in [5.41, 5.74) is 14.6. The van der Waals surface area contributed by atoms with E-state index in [0.717, 1.165) is 12.8 Å². The van der Waals surface area contributed by atoms with Crippen LogP contribution in [-0.2, 0) is 127 Å². The predicted octanol–water partition coefficient (Wildman–Crippen LogP) is 4.70. The second-order valence-corrected chi connectivity index (χ2v) is 8.33. The van der Waals surface area contributed by atoms with Crippen LogP contribution in [0.3, 0.4) is 0 Å². The topological polar surface area (TPSA) is 321 Å².